The van der Waals surface area contributed by atoms with E-state index in [1.165, 1.54) is 12.5 Å². The van der Waals surface area contributed by atoms with Crippen molar-refractivity contribution in [3.63, 3.8) is 0 Å². The SMILES string of the molecule is CCC1=C(C)CC([C@@H](C)C2CCC3C4C[C@H]5O[C@]56[C@H](OC(C)=O)C=CC(=O)[C@]6(C)C4CC[C@@]32C)OC1=O. The van der Waals surface area contributed by atoms with Crippen LogP contribution in [0.1, 0.15) is 86.5 Å². The summed E-state index contributed by atoms with van der Waals surface area (Å²) < 4.78 is 18.2. The molecule has 0 bridgehead atoms. The number of epoxide rings is 1. The molecule has 5 unspecified atom stereocenters. The van der Waals surface area contributed by atoms with Crippen molar-refractivity contribution in [1.29, 1.82) is 0 Å². The molecule has 0 aromatic heterocycles. The lowest BCUT2D eigenvalue weighted by Gasteiger charge is -2.58. The highest BCUT2D eigenvalue weighted by Crippen LogP contribution is 2.73. The van der Waals surface area contributed by atoms with E-state index in [9.17, 15) is 14.4 Å². The third kappa shape index (κ3) is 3.23. The number of cyclic esters (lactones) is 1. The van der Waals surface area contributed by atoms with Gasteiger partial charge in [-0.2, -0.15) is 0 Å². The molecule has 6 nitrogen and oxygen atoms in total. The largest absolute Gasteiger partial charge is 0.458 e. The summed E-state index contributed by atoms with van der Waals surface area (Å²) in [6, 6.07) is 0. The maximum Gasteiger partial charge on any atom is 0.334 e. The van der Waals surface area contributed by atoms with Gasteiger partial charge in [0.05, 0.1) is 11.5 Å². The fraction of sp³-hybridized carbons (Fsp3) is 0.774. The average molecular weight is 511 g/mol. The van der Waals surface area contributed by atoms with Crippen LogP contribution in [-0.2, 0) is 28.6 Å². The molecule has 2 heterocycles. The Labute approximate surface area is 220 Å². The van der Waals surface area contributed by atoms with Gasteiger partial charge < -0.3 is 14.2 Å². The number of fused-ring (bicyclic) bond motifs is 4. The Balaban J connectivity index is 1.27. The predicted octanol–water partition coefficient (Wildman–Crippen LogP) is 5.34. The number of allylic oxidation sites excluding steroid dienone is 1. The second-order valence-electron chi connectivity index (χ2n) is 13.3. The van der Waals surface area contributed by atoms with Crippen LogP contribution in [0.15, 0.2) is 23.3 Å². The molecule has 2 aliphatic heterocycles. The van der Waals surface area contributed by atoms with Crippen LogP contribution in [0, 0.1) is 40.4 Å². The summed E-state index contributed by atoms with van der Waals surface area (Å²) in [5.41, 5.74) is 0.817. The van der Waals surface area contributed by atoms with E-state index in [4.69, 9.17) is 14.2 Å². The number of carbonyl (C=O) groups is 3. The number of hydrogen-bond donors (Lipinski definition) is 0. The summed E-state index contributed by atoms with van der Waals surface area (Å²) in [6.07, 6.45) is 9.63. The van der Waals surface area contributed by atoms with E-state index >= 15 is 0 Å². The summed E-state index contributed by atoms with van der Waals surface area (Å²) in [5.74, 6) is 1.61. The van der Waals surface area contributed by atoms with Gasteiger partial charge in [-0.3, -0.25) is 9.59 Å². The molecule has 11 atom stereocenters. The van der Waals surface area contributed by atoms with Crippen molar-refractivity contribution in [3.05, 3.63) is 23.3 Å². The van der Waals surface area contributed by atoms with Crippen molar-refractivity contribution in [1.82, 2.24) is 0 Å². The van der Waals surface area contributed by atoms with Crippen molar-refractivity contribution < 1.29 is 28.6 Å². The Morgan fingerprint density at radius 3 is 2.62 bits per heavy atom. The van der Waals surface area contributed by atoms with Gasteiger partial charge in [0.2, 0.25) is 0 Å². The minimum atomic E-state index is -0.706. The van der Waals surface area contributed by atoms with E-state index in [1.807, 2.05) is 6.92 Å². The molecule has 37 heavy (non-hydrogen) atoms. The molecular weight excluding hydrogens is 468 g/mol. The van der Waals surface area contributed by atoms with Crippen LogP contribution in [0.25, 0.3) is 0 Å². The molecule has 0 aromatic carbocycles. The van der Waals surface area contributed by atoms with E-state index < -0.39 is 17.1 Å². The average Bonchev–Trinajstić information content (AvgIpc) is 3.46. The Bertz CT molecular complexity index is 1100. The standard InChI is InChI=1S/C31H42O6/c1-7-19-16(2)14-24(36-28(19)34)17(3)21-8-9-22-20-15-27-31(37-27)26(35-18(4)32)11-10-25(33)30(31,6)23(20)12-13-29(21,22)5/h10-11,17,20-24,26-27H,7-9,12-15H2,1-6H3/t17-,20?,21?,22?,23?,24?,26+,27+,29+,30-,31+/m0/s1. The molecule has 4 fully saturated rings. The van der Waals surface area contributed by atoms with Gasteiger partial charge in [0.15, 0.2) is 11.9 Å². The van der Waals surface area contributed by atoms with E-state index in [0.29, 0.717) is 23.7 Å². The summed E-state index contributed by atoms with van der Waals surface area (Å²) in [5, 5.41) is 0. The molecule has 0 radical (unpaired) electrons. The lowest BCUT2D eigenvalue weighted by molar-refractivity contribution is -0.166. The van der Waals surface area contributed by atoms with Crippen molar-refractivity contribution in [2.24, 2.45) is 40.4 Å². The fourth-order valence-electron chi connectivity index (χ4n) is 10.2. The highest BCUT2D eigenvalue weighted by Gasteiger charge is 2.81. The third-order valence-corrected chi connectivity index (χ3v) is 12.1. The van der Waals surface area contributed by atoms with Gasteiger partial charge in [-0.25, -0.2) is 4.79 Å². The maximum atomic E-state index is 13.6. The maximum absolute atomic E-state index is 13.6. The third-order valence-electron chi connectivity index (χ3n) is 12.1. The molecule has 6 rings (SSSR count). The van der Waals surface area contributed by atoms with Crippen LogP contribution in [0.5, 0.6) is 0 Å². The van der Waals surface area contributed by atoms with Crippen molar-refractivity contribution in [3.8, 4) is 0 Å². The van der Waals surface area contributed by atoms with Crippen LogP contribution in [0.2, 0.25) is 0 Å². The first-order valence-electron chi connectivity index (χ1n) is 14.5. The van der Waals surface area contributed by atoms with Crippen LogP contribution >= 0.6 is 0 Å². The van der Waals surface area contributed by atoms with Gasteiger partial charge in [-0.1, -0.05) is 26.3 Å². The van der Waals surface area contributed by atoms with Crippen LogP contribution < -0.4 is 0 Å². The zero-order chi connectivity index (χ0) is 26.5. The smallest absolute Gasteiger partial charge is 0.334 e. The summed E-state index contributed by atoms with van der Waals surface area (Å²) in [6.45, 7) is 12.4. The fourth-order valence-corrected chi connectivity index (χ4v) is 10.2. The van der Waals surface area contributed by atoms with Crippen molar-refractivity contribution in [2.75, 3.05) is 0 Å². The first kappa shape index (κ1) is 25.3. The quantitative estimate of drug-likeness (QED) is 0.375. The summed E-state index contributed by atoms with van der Waals surface area (Å²) in [4.78, 5) is 38.1. The van der Waals surface area contributed by atoms with Crippen molar-refractivity contribution >= 4 is 17.7 Å². The van der Waals surface area contributed by atoms with E-state index in [0.717, 1.165) is 50.5 Å². The molecule has 1 saturated heterocycles. The topological polar surface area (TPSA) is 82.2 Å². The molecule has 0 aromatic rings. The Morgan fingerprint density at radius 1 is 1.19 bits per heavy atom. The zero-order valence-electron chi connectivity index (χ0n) is 23.2. The monoisotopic (exact) mass is 510 g/mol. The van der Waals surface area contributed by atoms with Gasteiger partial charge >= 0.3 is 11.9 Å². The molecular formula is C31H42O6. The van der Waals surface area contributed by atoms with E-state index in [2.05, 4.69) is 27.7 Å². The molecule has 0 N–H and O–H groups in total. The van der Waals surface area contributed by atoms with E-state index in [1.54, 1.807) is 12.2 Å². The minimum absolute atomic E-state index is 0.0459. The highest BCUT2D eigenvalue weighted by molar-refractivity contribution is 5.98. The summed E-state index contributed by atoms with van der Waals surface area (Å²) >= 11 is 0. The molecule has 1 spiro atoms. The van der Waals surface area contributed by atoms with Crippen LogP contribution in [0.3, 0.4) is 0 Å². The number of hydrogen-bond acceptors (Lipinski definition) is 6. The first-order valence-corrected chi connectivity index (χ1v) is 14.5. The number of ether oxygens (including phenoxy) is 3. The lowest BCUT2D eigenvalue weighted by Crippen LogP contribution is -2.64. The number of ketones is 1. The van der Waals surface area contributed by atoms with Gasteiger partial charge in [-0.05, 0) is 99.5 Å². The van der Waals surface area contributed by atoms with Crippen LogP contribution in [0.4, 0.5) is 0 Å². The Morgan fingerprint density at radius 2 is 1.95 bits per heavy atom. The second kappa shape index (κ2) is 8.27. The van der Waals surface area contributed by atoms with Gasteiger partial charge in [0.25, 0.3) is 0 Å². The van der Waals surface area contributed by atoms with Gasteiger partial charge in [0, 0.05) is 18.9 Å². The molecule has 0 amide bonds. The van der Waals surface area contributed by atoms with Gasteiger partial charge in [0.1, 0.15) is 11.7 Å². The predicted molar refractivity (Wildman–Crippen MR) is 137 cm³/mol. The highest BCUT2D eigenvalue weighted by atomic mass is 16.7. The van der Waals surface area contributed by atoms with Crippen molar-refractivity contribution in [2.45, 2.75) is 110 Å². The number of carbonyl (C=O) groups excluding carboxylic acids is 3. The normalized spacial score (nSPS) is 48.9. The van der Waals surface area contributed by atoms with Crippen LogP contribution in [-0.4, -0.2) is 41.6 Å². The molecule has 4 aliphatic carbocycles. The first-order chi connectivity index (χ1) is 17.5. The molecule has 6 aliphatic rings. The Kier molecular flexibility index (Phi) is 5.66. The molecule has 3 saturated carbocycles. The lowest BCUT2D eigenvalue weighted by atomic mass is 9.44. The minimum Gasteiger partial charge on any atom is -0.458 e. The Hall–Kier alpha value is -1.95. The van der Waals surface area contributed by atoms with Gasteiger partial charge in [-0.15, -0.1) is 0 Å². The van der Waals surface area contributed by atoms with E-state index in [-0.39, 0.29) is 41.3 Å². The molecule has 6 heteroatoms. The summed E-state index contributed by atoms with van der Waals surface area (Å²) in [7, 11) is 0. The zero-order valence-corrected chi connectivity index (χ0v) is 23.2. The second-order valence-corrected chi connectivity index (χ2v) is 13.3. The number of esters is 2. The number of rotatable bonds is 4. The molecule has 202 valence electrons.